The number of nitrogens with one attached hydrogen (secondary N) is 2. The topological polar surface area (TPSA) is 113 Å². The van der Waals surface area contributed by atoms with Gasteiger partial charge >= 0.3 is 12.0 Å². The normalized spacial score (nSPS) is 12.8. The zero-order valence-corrected chi connectivity index (χ0v) is 11.4. The van der Waals surface area contributed by atoms with Crippen molar-refractivity contribution in [3.05, 3.63) is 41.3 Å². The van der Waals surface area contributed by atoms with E-state index in [1.54, 1.807) is 35.1 Å². The minimum Gasteiger partial charge on any atom is -0.480 e. The SMILES string of the molecule is C[C@H](NC(=O)NS(=O)(=O)C=Cc1ccccc1)C(=O)O. The van der Waals surface area contributed by atoms with E-state index in [1.165, 1.54) is 13.0 Å². The Balaban J connectivity index is 2.64. The molecule has 20 heavy (non-hydrogen) atoms. The van der Waals surface area contributed by atoms with Gasteiger partial charge in [0, 0.05) is 0 Å². The number of hydrogen-bond acceptors (Lipinski definition) is 4. The van der Waals surface area contributed by atoms with Crippen LogP contribution < -0.4 is 10.0 Å². The number of hydrogen-bond donors (Lipinski definition) is 3. The van der Waals surface area contributed by atoms with E-state index in [0.717, 1.165) is 5.41 Å². The highest BCUT2D eigenvalue weighted by molar-refractivity contribution is 7.93. The average molecular weight is 298 g/mol. The van der Waals surface area contributed by atoms with Crippen molar-refractivity contribution in [1.29, 1.82) is 0 Å². The molecule has 0 bridgehead atoms. The summed E-state index contributed by atoms with van der Waals surface area (Å²) in [6.07, 6.45) is 1.32. The molecule has 108 valence electrons. The largest absolute Gasteiger partial charge is 0.480 e. The Morgan fingerprint density at radius 2 is 1.85 bits per heavy atom. The van der Waals surface area contributed by atoms with Gasteiger partial charge in [-0.05, 0) is 18.6 Å². The van der Waals surface area contributed by atoms with Crippen LogP contribution >= 0.6 is 0 Å². The van der Waals surface area contributed by atoms with E-state index in [0.29, 0.717) is 5.56 Å². The van der Waals surface area contributed by atoms with E-state index in [9.17, 15) is 18.0 Å². The Morgan fingerprint density at radius 3 is 2.40 bits per heavy atom. The summed E-state index contributed by atoms with van der Waals surface area (Å²) in [5.74, 6) is -1.27. The van der Waals surface area contributed by atoms with Crippen LogP contribution in [-0.4, -0.2) is 31.6 Å². The number of carboxylic acid groups (broad SMARTS) is 1. The highest BCUT2D eigenvalue weighted by Crippen LogP contribution is 2.02. The first-order chi connectivity index (χ1) is 9.30. The molecule has 0 fully saturated rings. The highest BCUT2D eigenvalue weighted by atomic mass is 32.2. The molecule has 0 aliphatic rings. The standard InChI is InChI=1S/C12H14N2O5S/c1-9(11(15)16)13-12(17)14-20(18,19)8-7-10-5-3-2-4-6-10/h2-9H,1H3,(H,15,16)(H2,13,14,17)/t9-/m0/s1. The average Bonchev–Trinajstić information content (AvgIpc) is 2.37. The second-order valence-corrected chi connectivity index (χ2v) is 5.46. The fourth-order valence-corrected chi connectivity index (χ4v) is 1.91. The van der Waals surface area contributed by atoms with Gasteiger partial charge in [-0.1, -0.05) is 30.3 Å². The maximum atomic E-state index is 11.6. The lowest BCUT2D eigenvalue weighted by atomic mass is 10.2. The fraction of sp³-hybridized carbons (Fsp3) is 0.167. The number of carbonyl (C=O) groups is 2. The molecule has 0 spiro atoms. The number of rotatable bonds is 5. The molecule has 2 amide bonds. The van der Waals surface area contributed by atoms with E-state index in [2.05, 4.69) is 0 Å². The van der Waals surface area contributed by atoms with Crippen molar-refractivity contribution in [1.82, 2.24) is 10.0 Å². The Hall–Kier alpha value is -2.35. The summed E-state index contributed by atoms with van der Waals surface area (Å²) in [5, 5.41) is 11.4. The zero-order valence-electron chi connectivity index (χ0n) is 10.6. The molecule has 7 nitrogen and oxygen atoms in total. The van der Waals surface area contributed by atoms with Crippen molar-refractivity contribution in [3.63, 3.8) is 0 Å². The van der Waals surface area contributed by atoms with E-state index in [1.807, 2.05) is 5.32 Å². The van der Waals surface area contributed by atoms with E-state index in [-0.39, 0.29) is 0 Å². The van der Waals surface area contributed by atoms with Gasteiger partial charge in [-0.15, -0.1) is 0 Å². The third-order valence-electron chi connectivity index (χ3n) is 2.19. The monoisotopic (exact) mass is 298 g/mol. The van der Waals surface area contributed by atoms with Gasteiger partial charge in [0.25, 0.3) is 10.0 Å². The number of carbonyl (C=O) groups excluding carboxylic acids is 1. The van der Waals surface area contributed by atoms with E-state index >= 15 is 0 Å². The molecule has 0 heterocycles. The van der Waals surface area contributed by atoms with Crippen LogP contribution in [0.3, 0.4) is 0 Å². The Kier molecular flexibility index (Phi) is 5.27. The van der Waals surface area contributed by atoms with E-state index in [4.69, 9.17) is 5.11 Å². The highest BCUT2D eigenvalue weighted by Gasteiger charge is 2.17. The molecule has 1 atom stereocenters. The quantitative estimate of drug-likeness (QED) is 0.743. The number of carboxylic acids is 1. The summed E-state index contributed by atoms with van der Waals surface area (Å²) in [6.45, 7) is 1.22. The first-order valence-corrected chi connectivity index (χ1v) is 7.14. The van der Waals surface area contributed by atoms with Crippen molar-refractivity contribution < 1.29 is 23.1 Å². The van der Waals surface area contributed by atoms with Crippen molar-refractivity contribution in [3.8, 4) is 0 Å². The number of urea groups is 1. The van der Waals surface area contributed by atoms with Crippen LogP contribution in [0, 0.1) is 0 Å². The predicted molar refractivity (Wildman–Crippen MR) is 73.2 cm³/mol. The van der Waals surface area contributed by atoms with Crippen LogP contribution in [0.4, 0.5) is 4.79 Å². The van der Waals surface area contributed by atoms with Gasteiger partial charge in [-0.2, -0.15) is 0 Å². The predicted octanol–water partition coefficient (Wildman–Crippen LogP) is 0.759. The Bertz CT molecular complexity index is 610. The van der Waals surface area contributed by atoms with Gasteiger partial charge in [0.05, 0.1) is 5.41 Å². The summed E-state index contributed by atoms with van der Waals surface area (Å²) in [5.41, 5.74) is 0.650. The fourth-order valence-electron chi connectivity index (χ4n) is 1.18. The summed E-state index contributed by atoms with van der Waals surface area (Å²) >= 11 is 0. The minimum atomic E-state index is -3.99. The van der Waals surface area contributed by atoms with Crippen LogP contribution in [0.15, 0.2) is 35.7 Å². The van der Waals surface area contributed by atoms with Crippen LogP contribution in [0.1, 0.15) is 12.5 Å². The molecule has 0 aliphatic carbocycles. The third-order valence-corrected chi connectivity index (χ3v) is 3.16. The molecule has 8 heteroatoms. The van der Waals surface area contributed by atoms with Gasteiger partial charge in [0.1, 0.15) is 6.04 Å². The van der Waals surface area contributed by atoms with Crippen molar-refractivity contribution in [2.75, 3.05) is 0 Å². The molecule has 0 aromatic heterocycles. The lowest BCUT2D eigenvalue weighted by molar-refractivity contribution is -0.138. The summed E-state index contributed by atoms with van der Waals surface area (Å²) in [4.78, 5) is 21.8. The lowest BCUT2D eigenvalue weighted by Crippen LogP contribution is -2.45. The molecule has 1 aromatic rings. The third kappa shape index (κ3) is 5.53. The summed E-state index contributed by atoms with van der Waals surface area (Å²) in [6, 6.07) is 6.35. The number of amides is 2. The van der Waals surface area contributed by atoms with Gasteiger partial charge in [-0.3, -0.25) is 4.79 Å². The minimum absolute atomic E-state index is 0.650. The Labute approximate surface area is 116 Å². The lowest BCUT2D eigenvalue weighted by Gasteiger charge is -2.09. The number of sulfonamides is 1. The molecule has 0 saturated heterocycles. The molecule has 0 aliphatic heterocycles. The van der Waals surface area contributed by atoms with Crippen molar-refractivity contribution in [2.45, 2.75) is 13.0 Å². The smallest absolute Gasteiger partial charge is 0.329 e. The Morgan fingerprint density at radius 1 is 1.25 bits per heavy atom. The van der Waals surface area contributed by atoms with Gasteiger partial charge < -0.3 is 10.4 Å². The van der Waals surface area contributed by atoms with Crippen LogP contribution in [-0.2, 0) is 14.8 Å². The second-order valence-electron chi connectivity index (χ2n) is 3.89. The molecular formula is C12H14N2O5S. The molecule has 1 rings (SSSR count). The first kappa shape index (κ1) is 15.7. The van der Waals surface area contributed by atoms with Gasteiger partial charge in [0.2, 0.25) is 0 Å². The van der Waals surface area contributed by atoms with Crippen LogP contribution in [0.5, 0.6) is 0 Å². The summed E-state index contributed by atoms with van der Waals surface area (Å²) < 4.78 is 24.8. The van der Waals surface area contributed by atoms with Crippen molar-refractivity contribution >= 4 is 28.1 Å². The molecular weight excluding hydrogens is 284 g/mol. The molecule has 1 aromatic carbocycles. The maximum Gasteiger partial charge on any atom is 0.329 e. The summed E-state index contributed by atoms with van der Waals surface area (Å²) in [7, 11) is -3.99. The molecule has 3 N–H and O–H groups in total. The van der Waals surface area contributed by atoms with Gasteiger partial charge in [-0.25, -0.2) is 17.9 Å². The molecule has 0 unspecified atom stereocenters. The molecule has 0 radical (unpaired) electrons. The van der Waals surface area contributed by atoms with Crippen LogP contribution in [0.2, 0.25) is 0 Å². The first-order valence-electron chi connectivity index (χ1n) is 5.59. The van der Waals surface area contributed by atoms with Crippen LogP contribution in [0.25, 0.3) is 6.08 Å². The second kappa shape index (κ2) is 6.71. The van der Waals surface area contributed by atoms with Crippen molar-refractivity contribution in [2.24, 2.45) is 0 Å². The maximum absolute atomic E-state index is 11.6. The zero-order chi connectivity index (χ0) is 15.2. The molecule has 0 saturated carbocycles. The number of benzene rings is 1. The van der Waals surface area contributed by atoms with E-state index < -0.39 is 28.1 Å². The number of aliphatic carboxylic acids is 1. The van der Waals surface area contributed by atoms with Gasteiger partial charge in [0.15, 0.2) is 0 Å².